The molecule has 0 aromatic heterocycles. The van der Waals surface area contributed by atoms with Crippen LogP contribution >= 0.6 is 15.9 Å². The van der Waals surface area contributed by atoms with Gasteiger partial charge in [0, 0.05) is 17.4 Å². The van der Waals surface area contributed by atoms with Crippen LogP contribution in [0.4, 0.5) is 0 Å². The third-order valence-electron chi connectivity index (χ3n) is 6.04. The molecule has 1 aliphatic carbocycles. The van der Waals surface area contributed by atoms with E-state index in [2.05, 4.69) is 22.9 Å². The lowest BCUT2D eigenvalue weighted by Gasteiger charge is -2.21. The average molecular weight is 446 g/mol. The molecule has 1 saturated carbocycles. The van der Waals surface area contributed by atoms with E-state index in [0.717, 1.165) is 32.2 Å². The maximum Gasteiger partial charge on any atom is 0.124 e. The van der Waals surface area contributed by atoms with Gasteiger partial charge in [0.15, 0.2) is 0 Å². The highest BCUT2D eigenvalue weighted by molar-refractivity contribution is 9.09. The van der Waals surface area contributed by atoms with Crippen LogP contribution in [0.25, 0.3) is 0 Å². The zero-order valence-electron chi connectivity index (χ0n) is 17.9. The number of hydrogen-bond donors (Lipinski definition) is 0. The second-order valence-corrected chi connectivity index (χ2v) is 9.74. The minimum Gasteiger partial charge on any atom is -0.378 e. The molecular formula is C24H45BrO2. The Morgan fingerprint density at radius 2 is 1.41 bits per heavy atom. The molecule has 0 spiro atoms. The zero-order chi connectivity index (χ0) is 19.6. The Morgan fingerprint density at radius 1 is 0.852 bits per heavy atom. The van der Waals surface area contributed by atoms with Crippen molar-refractivity contribution >= 4 is 22.2 Å². The first-order chi connectivity index (χ1) is 13.3. The van der Waals surface area contributed by atoms with E-state index in [1.165, 1.54) is 96.3 Å². The summed E-state index contributed by atoms with van der Waals surface area (Å²) in [6.45, 7) is 3.17. The number of carbonyl (C=O) groups is 1. The van der Waals surface area contributed by atoms with Crippen LogP contribution in [0.2, 0.25) is 0 Å². The van der Waals surface area contributed by atoms with Gasteiger partial charge < -0.3 is 9.53 Å². The van der Waals surface area contributed by atoms with Gasteiger partial charge in [-0.1, -0.05) is 106 Å². The molecule has 3 heteroatoms. The lowest BCUT2D eigenvalue weighted by molar-refractivity contribution is -0.111. The highest BCUT2D eigenvalue weighted by Gasteiger charge is 2.16. The second kappa shape index (κ2) is 18.2. The first-order valence-electron chi connectivity index (χ1n) is 12.0. The minimum atomic E-state index is 0.215. The van der Waals surface area contributed by atoms with E-state index < -0.39 is 0 Å². The van der Waals surface area contributed by atoms with Crippen molar-refractivity contribution in [1.29, 1.82) is 0 Å². The van der Waals surface area contributed by atoms with E-state index in [1.54, 1.807) is 0 Å². The molecule has 0 amide bonds. The van der Waals surface area contributed by atoms with E-state index in [1.807, 2.05) is 0 Å². The zero-order valence-corrected chi connectivity index (χ0v) is 19.5. The number of aldehydes is 1. The largest absolute Gasteiger partial charge is 0.378 e. The summed E-state index contributed by atoms with van der Waals surface area (Å²) >= 11 is 3.68. The number of rotatable bonds is 18. The van der Waals surface area contributed by atoms with Crippen molar-refractivity contribution in [2.24, 2.45) is 5.92 Å². The van der Waals surface area contributed by atoms with Crippen LogP contribution in [-0.4, -0.2) is 23.8 Å². The number of hydrogen-bond acceptors (Lipinski definition) is 2. The molecule has 0 radical (unpaired) electrons. The van der Waals surface area contributed by atoms with Crippen LogP contribution in [0.5, 0.6) is 0 Å². The summed E-state index contributed by atoms with van der Waals surface area (Å²) in [5.41, 5.74) is 0. The molecule has 2 unspecified atom stereocenters. The van der Waals surface area contributed by atoms with Gasteiger partial charge in [0.1, 0.15) is 6.29 Å². The monoisotopic (exact) mass is 444 g/mol. The lowest BCUT2D eigenvalue weighted by atomic mass is 9.96. The van der Waals surface area contributed by atoms with Gasteiger partial charge in [-0.2, -0.15) is 0 Å². The predicted octanol–water partition coefficient (Wildman–Crippen LogP) is 8.01. The minimum absolute atomic E-state index is 0.215. The van der Waals surface area contributed by atoms with Gasteiger partial charge in [0.25, 0.3) is 0 Å². The van der Waals surface area contributed by atoms with Crippen LogP contribution in [-0.2, 0) is 9.53 Å². The Balaban J connectivity index is 1.79. The maximum atomic E-state index is 11.2. The summed E-state index contributed by atoms with van der Waals surface area (Å²) in [7, 11) is 0. The first kappa shape index (κ1) is 25.1. The Bertz CT molecular complexity index is 328. The fourth-order valence-corrected chi connectivity index (χ4v) is 5.05. The molecule has 160 valence electrons. The predicted molar refractivity (Wildman–Crippen MR) is 121 cm³/mol. The van der Waals surface area contributed by atoms with E-state index in [-0.39, 0.29) is 5.92 Å². The molecule has 2 atom stereocenters. The summed E-state index contributed by atoms with van der Waals surface area (Å²) in [4.78, 5) is 11.6. The Morgan fingerprint density at radius 3 is 1.96 bits per heavy atom. The number of carbonyl (C=O) groups excluding carboxylic acids is 1. The van der Waals surface area contributed by atoms with Gasteiger partial charge in [0.05, 0.1) is 6.10 Å². The maximum absolute atomic E-state index is 11.2. The molecule has 1 fully saturated rings. The molecular weight excluding hydrogens is 400 g/mol. The van der Waals surface area contributed by atoms with E-state index in [0.29, 0.717) is 10.9 Å². The number of alkyl halides is 1. The number of halogens is 1. The summed E-state index contributed by atoms with van der Waals surface area (Å²) in [5, 5.41) is 0. The molecule has 0 aromatic rings. The van der Waals surface area contributed by atoms with Crippen molar-refractivity contribution in [3.8, 4) is 0 Å². The average Bonchev–Trinajstić information content (AvgIpc) is 2.69. The fourth-order valence-electron chi connectivity index (χ4n) is 4.20. The van der Waals surface area contributed by atoms with Crippen LogP contribution in [0.1, 0.15) is 122 Å². The second-order valence-electron chi connectivity index (χ2n) is 8.56. The van der Waals surface area contributed by atoms with Crippen molar-refractivity contribution in [2.45, 2.75) is 133 Å². The first-order valence-corrected chi connectivity index (χ1v) is 12.9. The molecule has 0 aliphatic heterocycles. The van der Waals surface area contributed by atoms with E-state index in [4.69, 9.17) is 4.74 Å². The SMILES string of the molecule is CCCC(Br)C(C=O)CCCCCCCCCCCCOC1CCCCC1. The van der Waals surface area contributed by atoms with E-state index in [9.17, 15) is 4.79 Å². The van der Waals surface area contributed by atoms with Crippen molar-refractivity contribution < 1.29 is 9.53 Å². The van der Waals surface area contributed by atoms with Crippen molar-refractivity contribution in [3.63, 3.8) is 0 Å². The lowest BCUT2D eigenvalue weighted by Crippen LogP contribution is -2.17. The normalized spacial score (nSPS) is 17.7. The Kier molecular flexibility index (Phi) is 16.9. The molecule has 0 bridgehead atoms. The molecule has 0 N–H and O–H groups in total. The molecule has 1 aliphatic rings. The quantitative estimate of drug-likeness (QED) is 0.121. The third-order valence-corrected chi connectivity index (χ3v) is 7.18. The van der Waals surface area contributed by atoms with Gasteiger partial charge in [0.2, 0.25) is 0 Å². The third kappa shape index (κ3) is 13.8. The van der Waals surface area contributed by atoms with E-state index >= 15 is 0 Å². The van der Waals surface area contributed by atoms with Crippen molar-refractivity contribution in [3.05, 3.63) is 0 Å². The standard InChI is InChI=1S/C24H45BrO2/c1-2-16-24(25)22(21-26)17-12-9-7-5-3-4-6-8-10-15-20-27-23-18-13-11-14-19-23/h21-24H,2-20H2,1H3. The summed E-state index contributed by atoms with van der Waals surface area (Å²) in [6, 6.07) is 0. The molecule has 0 saturated heterocycles. The molecule has 0 aromatic carbocycles. The van der Waals surface area contributed by atoms with Crippen LogP contribution in [0, 0.1) is 5.92 Å². The van der Waals surface area contributed by atoms with Crippen LogP contribution in [0.3, 0.4) is 0 Å². The van der Waals surface area contributed by atoms with Gasteiger partial charge >= 0.3 is 0 Å². The van der Waals surface area contributed by atoms with Crippen LogP contribution < -0.4 is 0 Å². The number of ether oxygens (including phenoxy) is 1. The Labute approximate surface area is 177 Å². The van der Waals surface area contributed by atoms with Gasteiger partial charge in [-0.25, -0.2) is 0 Å². The van der Waals surface area contributed by atoms with Gasteiger partial charge in [-0.15, -0.1) is 0 Å². The summed E-state index contributed by atoms with van der Waals surface area (Å²) < 4.78 is 5.99. The molecule has 27 heavy (non-hydrogen) atoms. The summed E-state index contributed by atoms with van der Waals surface area (Å²) in [6.07, 6.45) is 25.1. The van der Waals surface area contributed by atoms with Crippen LogP contribution in [0.15, 0.2) is 0 Å². The smallest absolute Gasteiger partial charge is 0.124 e. The van der Waals surface area contributed by atoms with Crippen molar-refractivity contribution in [2.75, 3.05) is 6.61 Å². The van der Waals surface area contributed by atoms with Gasteiger partial charge in [-0.05, 0) is 32.1 Å². The summed E-state index contributed by atoms with van der Waals surface area (Å²) in [5.74, 6) is 0.215. The number of unbranched alkanes of at least 4 members (excludes halogenated alkanes) is 9. The Hall–Kier alpha value is 0.110. The topological polar surface area (TPSA) is 26.3 Å². The van der Waals surface area contributed by atoms with Crippen molar-refractivity contribution in [1.82, 2.24) is 0 Å². The fraction of sp³-hybridized carbons (Fsp3) is 0.958. The highest BCUT2D eigenvalue weighted by Crippen LogP contribution is 2.23. The molecule has 2 nitrogen and oxygen atoms in total. The highest BCUT2D eigenvalue weighted by atomic mass is 79.9. The van der Waals surface area contributed by atoms with Gasteiger partial charge in [-0.3, -0.25) is 0 Å². The molecule has 0 heterocycles. The molecule has 1 rings (SSSR count).